The molecule has 0 saturated carbocycles. The van der Waals surface area contributed by atoms with Crippen LogP contribution in [0.5, 0.6) is 0 Å². The number of alkyl halides is 1. The van der Waals surface area contributed by atoms with E-state index in [0.29, 0.717) is 37.1 Å². The first kappa shape index (κ1) is 17.4. The quantitative estimate of drug-likeness (QED) is 0.547. The molecule has 0 atom stereocenters. The Labute approximate surface area is 126 Å². The van der Waals surface area contributed by atoms with E-state index >= 15 is 0 Å². The topological polar surface area (TPSA) is 46.6 Å². The molecule has 0 heterocycles. The molecule has 0 fully saturated rings. The van der Waals surface area contributed by atoms with Gasteiger partial charge in [0.2, 0.25) is 10.0 Å². The summed E-state index contributed by atoms with van der Waals surface area (Å²) in [6.45, 7) is 7.26. The molecule has 1 aromatic rings. The van der Waals surface area contributed by atoms with Gasteiger partial charge in [0, 0.05) is 25.6 Å². The number of hydrogen-bond acceptors (Lipinski definition) is 3. The third-order valence-electron chi connectivity index (χ3n) is 3.20. The molecule has 0 N–H and O–H groups in total. The Morgan fingerprint density at radius 1 is 1.30 bits per heavy atom. The first-order valence-corrected chi connectivity index (χ1v) is 8.68. The lowest BCUT2D eigenvalue weighted by molar-refractivity contribution is 0.135. The second-order valence-corrected chi connectivity index (χ2v) is 6.54. The van der Waals surface area contributed by atoms with Gasteiger partial charge < -0.3 is 4.74 Å². The molecule has 6 heteroatoms. The van der Waals surface area contributed by atoms with Crippen LogP contribution >= 0.6 is 11.6 Å². The molecular formula is C14H22ClNO3S. The minimum Gasteiger partial charge on any atom is -0.380 e. The Kier molecular flexibility index (Phi) is 6.95. The van der Waals surface area contributed by atoms with Crippen LogP contribution in [0.1, 0.15) is 25.0 Å². The molecule has 4 nitrogen and oxygen atoms in total. The van der Waals surface area contributed by atoms with E-state index in [1.54, 1.807) is 19.1 Å². The Morgan fingerprint density at radius 2 is 2.00 bits per heavy atom. The van der Waals surface area contributed by atoms with Crippen molar-refractivity contribution in [1.82, 2.24) is 4.31 Å². The molecule has 0 spiro atoms. The lowest BCUT2D eigenvalue weighted by Crippen LogP contribution is -2.34. The zero-order valence-corrected chi connectivity index (χ0v) is 13.8. The van der Waals surface area contributed by atoms with Gasteiger partial charge in [-0.2, -0.15) is 4.31 Å². The van der Waals surface area contributed by atoms with Gasteiger partial charge in [-0.15, -0.1) is 11.6 Å². The first-order valence-electron chi connectivity index (χ1n) is 6.71. The van der Waals surface area contributed by atoms with Crippen molar-refractivity contribution in [2.75, 3.05) is 26.3 Å². The molecule has 114 valence electrons. The lowest BCUT2D eigenvalue weighted by atomic mass is 10.1. The molecule has 0 aromatic heterocycles. The number of halogens is 1. The maximum absolute atomic E-state index is 12.7. The summed E-state index contributed by atoms with van der Waals surface area (Å²) in [5, 5.41) is 0. The van der Waals surface area contributed by atoms with Crippen LogP contribution in [-0.4, -0.2) is 39.0 Å². The van der Waals surface area contributed by atoms with Crippen LogP contribution in [0.4, 0.5) is 0 Å². The maximum Gasteiger partial charge on any atom is 0.243 e. The van der Waals surface area contributed by atoms with Crippen molar-refractivity contribution in [2.24, 2.45) is 0 Å². The molecular weight excluding hydrogens is 298 g/mol. The van der Waals surface area contributed by atoms with Crippen molar-refractivity contribution >= 4 is 21.6 Å². The SMILES string of the molecule is CCOCCN(CC)S(=O)(=O)c1cccc(CCl)c1C. The second-order valence-electron chi connectivity index (χ2n) is 4.37. The minimum absolute atomic E-state index is 0.306. The lowest BCUT2D eigenvalue weighted by Gasteiger charge is -2.22. The largest absolute Gasteiger partial charge is 0.380 e. The van der Waals surface area contributed by atoms with Gasteiger partial charge in [-0.3, -0.25) is 0 Å². The minimum atomic E-state index is -3.50. The number of likely N-dealkylation sites (N-methyl/N-ethyl adjacent to an activating group) is 1. The molecule has 0 radical (unpaired) electrons. The van der Waals surface area contributed by atoms with Gasteiger partial charge in [-0.1, -0.05) is 19.1 Å². The van der Waals surface area contributed by atoms with Crippen molar-refractivity contribution in [1.29, 1.82) is 0 Å². The maximum atomic E-state index is 12.7. The normalized spacial score (nSPS) is 12.1. The van der Waals surface area contributed by atoms with Crippen molar-refractivity contribution < 1.29 is 13.2 Å². The second kappa shape index (κ2) is 7.98. The van der Waals surface area contributed by atoms with E-state index in [9.17, 15) is 8.42 Å². The van der Waals surface area contributed by atoms with Gasteiger partial charge in [0.25, 0.3) is 0 Å². The van der Waals surface area contributed by atoms with Crippen LogP contribution in [0.25, 0.3) is 0 Å². The van der Waals surface area contributed by atoms with E-state index in [2.05, 4.69) is 0 Å². The molecule has 1 rings (SSSR count). The van der Waals surface area contributed by atoms with E-state index in [0.717, 1.165) is 11.1 Å². The highest BCUT2D eigenvalue weighted by Crippen LogP contribution is 2.23. The Balaban J connectivity index is 3.08. The van der Waals surface area contributed by atoms with E-state index in [1.165, 1.54) is 4.31 Å². The molecule has 1 aromatic carbocycles. The number of rotatable bonds is 8. The van der Waals surface area contributed by atoms with E-state index in [1.807, 2.05) is 19.9 Å². The summed E-state index contributed by atoms with van der Waals surface area (Å²) in [6, 6.07) is 5.20. The van der Waals surface area contributed by atoms with Crippen LogP contribution in [0.2, 0.25) is 0 Å². The van der Waals surface area contributed by atoms with Crippen LogP contribution in [0.15, 0.2) is 23.1 Å². The molecule has 0 aliphatic carbocycles. The summed E-state index contributed by atoms with van der Waals surface area (Å²) in [4.78, 5) is 0.328. The number of benzene rings is 1. The molecule has 0 amide bonds. The summed E-state index contributed by atoms with van der Waals surface area (Å²) in [7, 11) is -3.50. The summed E-state index contributed by atoms with van der Waals surface area (Å²) in [6.07, 6.45) is 0. The first-order chi connectivity index (χ1) is 9.48. The third kappa shape index (κ3) is 3.95. The summed E-state index contributed by atoms with van der Waals surface area (Å²) in [5.41, 5.74) is 1.56. The average Bonchev–Trinajstić information content (AvgIpc) is 2.43. The Morgan fingerprint density at radius 3 is 2.55 bits per heavy atom. The molecule has 0 saturated heterocycles. The Hall–Kier alpha value is -0.620. The van der Waals surface area contributed by atoms with Gasteiger partial charge in [-0.25, -0.2) is 8.42 Å². The zero-order chi connectivity index (χ0) is 15.2. The number of hydrogen-bond donors (Lipinski definition) is 0. The highest BCUT2D eigenvalue weighted by molar-refractivity contribution is 7.89. The molecule has 0 bridgehead atoms. The summed E-state index contributed by atoms with van der Waals surface area (Å²) >= 11 is 5.84. The van der Waals surface area contributed by atoms with Crippen LogP contribution in [-0.2, 0) is 20.6 Å². The van der Waals surface area contributed by atoms with Crippen molar-refractivity contribution in [2.45, 2.75) is 31.5 Å². The van der Waals surface area contributed by atoms with Crippen molar-refractivity contribution in [3.8, 4) is 0 Å². The van der Waals surface area contributed by atoms with Gasteiger partial charge in [0.15, 0.2) is 0 Å². The molecule has 0 unspecified atom stereocenters. The molecule has 0 aliphatic heterocycles. The van der Waals surface area contributed by atoms with Gasteiger partial charge in [-0.05, 0) is 31.0 Å². The van der Waals surface area contributed by atoms with E-state index in [-0.39, 0.29) is 0 Å². The summed E-state index contributed by atoms with van der Waals surface area (Å²) in [5.74, 6) is 0.306. The fraction of sp³-hybridized carbons (Fsp3) is 0.571. The number of ether oxygens (including phenoxy) is 1. The van der Waals surface area contributed by atoms with Gasteiger partial charge in [0.1, 0.15) is 0 Å². The average molecular weight is 320 g/mol. The van der Waals surface area contributed by atoms with E-state index in [4.69, 9.17) is 16.3 Å². The van der Waals surface area contributed by atoms with Crippen molar-refractivity contribution in [3.63, 3.8) is 0 Å². The van der Waals surface area contributed by atoms with Gasteiger partial charge in [0.05, 0.1) is 11.5 Å². The molecule has 0 aliphatic rings. The number of sulfonamides is 1. The predicted molar refractivity (Wildman–Crippen MR) is 81.7 cm³/mol. The zero-order valence-electron chi connectivity index (χ0n) is 12.2. The standard InChI is InChI=1S/C14H22ClNO3S/c1-4-16(9-10-19-5-2)20(17,18)14-8-6-7-13(11-15)12(14)3/h6-8H,4-5,9-11H2,1-3H3. The highest BCUT2D eigenvalue weighted by atomic mass is 35.5. The highest BCUT2D eigenvalue weighted by Gasteiger charge is 2.25. The van der Waals surface area contributed by atoms with Gasteiger partial charge >= 0.3 is 0 Å². The smallest absolute Gasteiger partial charge is 0.243 e. The summed E-state index contributed by atoms with van der Waals surface area (Å²) < 4.78 is 32.0. The third-order valence-corrected chi connectivity index (χ3v) is 5.61. The Bertz CT molecular complexity index is 531. The van der Waals surface area contributed by atoms with Crippen LogP contribution in [0.3, 0.4) is 0 Å². The fourth-order valence-corrected chi connectivity index (χ4v) is 3.97. The van der Waals surface area contributed by atoms with Crippen molar-refractivity contribution in [3.05, 3.63) is 29.3 Å². The fourth-order valence-electron chi connectivity index (χ4n) is 1.98. The monoisotopic (exact) mass is 319 g/mol. The van der Waals surface area contributed by atoms with Crippen LogP contribution in [0, 0.1) is 6.92 Å². The predicted octanol–water partition coefficient (Wildman–Crippen LogP) is 2.78. The van der Waals surface area contributed by atoms with E-state index < -0.39 is 10.0 Å². The number of nitrogens with zero attached hydrogens (tertiary/aromatic N) is 1. The molecule has 20 heavy (non-hydrogen) atoms. The van der Waals surface area contributed by atoms with Crippen LogP contribution < -0.4 is 0 Å².